The fourth-order valence-corrected chi connectivity index (χ4v) is 3.29. The van der Waals surface area contributed by atoms with Gasteiger partial charge in [-0.05, 0) is 36.1 Å². The number of ether oxygens (including phenoxy) is 1. The highest BCUT2D eigenvalue weighted by atomic mass is 32.1. The molecule has 0 spiro atoms. The van der Waals surface area contributed by atoms with Crippen molar-refractivity contribution in [3.05, 3.63) is 51.7 Å². The Bertz CT molecular complexity index is 697. The smallest absolute Gasteiger partial charge is 0.339 e. The normalized spacial score (nSPS) is 11.8. The van der Waals surface area contributed by atoms with Gasteiger partial charge in [-0.1, -0.05) is 12.1 Å². The summed E-state index contributed by atoms with van der Waals surface area (Å²) in [7, 11) is 3.30. The molecule has 5 nitrogen and oxygen atoms in total. The number of anilines is 1. The van der Waals surface area contributed by atoms with Crippen LogP contribution in [-0.2, 0) is 16.1 Å². The molecule has 0 radical (unpaired) electrons. The van der Waals surface area contributed by atoms with Crippen molar-refractivity contribution in [1.82, 2.24) is 0 Å². The van der Waals surface area contributed by atoms with Gasteiger partial charge in [-0.15, -0.1) is 11.3 Å². The zero-order valence-electron chi connectivity index (χ0n) is 13.5. The number of rotatable bonds is 6. The lowest BCUT2D eigenvalue weighted by molar-refractivity contribution is -0.884. The first kappa shape index (κ1) is 17.2. The number of hydrogen-bond donors (Lipinski definition) is 2. The molecule has 122 valence electrons. The molecule has 0 aliphatic rings. The van der Waals surface area contributed by atoms with Gasteiger partial charge in [0, 0.05) is 0 Å². The van der Waals surface area contributed by atoms with Gasteiger partial charge >= 0.3 is 5.97 Å². The summed E-state index contributed by atoms with van der Waals surface area (Å²) >= 11 is 1.70. The number of amides is 1. The largest absolute Gasteiger partial charge is 0.465 e. The van der Waals surface area contributed by atoms with Crippen molar-refractivity contribution in [2.75, 3.05) is 26.0 Å². The Morgan fingerprint density at radius 2 is 2.00 bits per heavy atom. The quantitative estimate of drug-likeness (QED) is 0.788. The van der Waals surface area contributed by atoms with Crippen LogP contribution >= 0.6 is 11.3 Å². The Kier molecular flexibility index (Phi) is 5.90. The number of nitrogens with one attached hydrogen (secondary N) is 2. The molecule has 0 aliphatic carbocycles. The molecule has 6 heteroatoms. The molecule has 1 unspecified atom stereocenters. The van der Waals surface area contributed by atoms with Gasteiger partial charge in [0.1, 0.15) is 6.54 Å². The van der Waals surface area contributed by atoms with Gasteiger partial charge in [0.25, 0.3) is 5.91 Å². The first-order valence-corrected chi connectivity index (χ1v) is 8.20. The van der Waals surface area contributed by atoms with Crippen LogP contribution in [0, 0.1) is 6.92 Å². The zero-order valence-corrected chi connectivity index (χ0v) is 14.3. The summed E-state index contributed by atoms with van der Waals surface area (Å²) in [6, 6.07) is 8.92. The van der Waals surface area contributed by atoms with Crippen molar-refractivity contribution < 1.29 is 19.2 Å². The molecule has 0 aliphatic heterocycles. The maximum Gasteiger partial charge on any atom is 0.339 e. The van der Waals surface area contributed by atoms with Crippen LogP contribution < -0.4 is 10.2 Å². The molecular formula is C17H21N2O3S+. The SMILES string of the molecule is COC(=O)c1ccccc1NC(=O)C[NH+](C)Cc1sccc1C. The number of aryl methyl sites for hydroxylation is 1. The first-order valence-electron chi connectivity index (χ1n) is 7.32. The second-order valence-electron chi connectivity index (χ2n) is 5.42. The third-order valence-electron chi connectivity index (χ3n) is 3.50. The summed E-state index contributed by atoms with van der Waals surface area (Å²) in [6.45, 7) is 3.20. The molecule has 1 heterocycles. The van der Waals surface area contributed by atoms with Gasteiger partial charge < -0.3 is 15.0 Å². The number of esters is 1. The molecule has 2 N–H and O–H groups in total. The standard InChI is InChI=1S/C17H20N2O3S/c1-12-8-9-23-15(12)10-19(2)11-16(20)18-14-7-5-4-6-13(14)17(21)22-3/h4-9H,10-11H2,1-3H3,(H,18,20)/p+1. The van der Waals surface area contributed by atoms with Crippen LogP contribution in [0.25, 0.3) is 0 Å². The lowest BCUT2D eigenvalue weighted by atomic mass is 10.2. The number of carbonyl (C=O) groups excluding carboxylic acids is 2. The Balaban J connectivity index is 1.97. The van der Waals surface area contributed by atoms with E-state index in [2.05, 4.69) is 23.7 Å². The van der Waals surface area contributed by atoms with Crippen molar-refractivity contribution in [1.29, 1.82) is 0 Å². The predicted octanol–water partition coefficient (Wildman–Crippen LogP) is 1.50. The number of benzene rings is 1. The van der Waals surface area contributed by atoms with E-state index >= 15 is 0 Å². The Hall–Kier alpha value is -2.18. The molecular weight excluding hydrogens is 312 g/mol. The van der Waals surface area contributed by atoms with Crippen molar-refractivity contribution in [3.63, 3.8) is 0 Å². The minimum absolute atomic E-state index is 0.131. The van der Waals surface area contributed by atoms with Crippen LogP contribution in [0.5, 0.6) is 0 Å². The highest BCUT2D eigenvalue weighted by Gasteiger charge is 2.16. The third-order valence-corrected chi connectivity index (χ3v) is 4.52. The lowest BCUT2D eigenvalue weighted by Crippen LogP contribution is -3.08. The first-order chi connectivity index (χ1) is 11.0. The average molecular weight is 333 g/mol. The summed E-state index contributed by atoms with van der Waals surface area (Å²) in [5, 5.41) is 4.85. The van der Waals surface area contributed by atoms with E-state index in [0.29, 0.717) is 17.8 Å². The fourth-order valence-electron chi connectivity index (χ4n) is 2.27. The van der Waals surface area contributed by atoms with Crippen molar-refractivity contribution in [3.8, 4) is 0 Å². The molecule has 0 bridgehead atoms. The number of hydrogen-bond acceptors (Lipinski definition) is 4. The molecule has 1 aromatic carbocycles. The van der Waals surface area contributed by atoms with E-state index in [4.69, 9.17) is 4.74 Å². The second-order valence-corrected chi connectivity index (χ2v) is 6.42. The number of carbonyl (C=O) groups is 2. The molecule has 2 rings (SSSR count). The third kappa shape index (κ3) is 4.64. The van der Waals surface area contributed by atoms with E-state index in [1.54, 1.807) is 35.6 Å². The number of likely N-dealkylation sites (N-methyl/N-ethyl adjacent to an activating group) is 1. The Morgan fingerprint density at radius 1 is 1.26 bits per heavy atom. The molecule has 0 fully saturated rings. The monoisotopic (exact) mass is 333 g/mol. The highest BCUT2D eigenvalue weighted by Crippen LogP contribution is 2.16. The molecule has 1 aromatic heterocycles. The fraction of sp³-hybridized carbons (Fsp3) is 0.294. The Labute approximate surface area is 139 Å². The minimum atomic E-state index is -0.462. The summed E-state index contributed by atoms with van der Waals surface area (Å²) in [5.74, 6) is -0.594. The molecule has 2 aromatic rings. The van der Waals surface area contributed by atoms with E-state index in [-0.39, 0.29) is 5.91 Å². The molecule has 1 atom stereocenters. The van der Waals surface area contributed by atoms with E-state index in [1.165, 1.54) is 17.6 Å². The maximum atomic E-state index is 12.2. The van der Waals surface area contributed by atoms with Crippen LogP contribution in [-0.4, -0.2) is 32.6 Å². The van der Waals surface area contributed by atoms with E-state index < -0.39 is 5.97 Å². The van der Waals surface area contributed by atoms with Crippen molar-refractivity contribution >= 4 is 28.9 Å². The number of quaternary nitrogens is 1. The minimum Gasteiger partial charge on any atom is -0.465 e. The van der Waals surface area contributed by atoms with Gasteiger partial charge in [0.15, 0.2) is 6.54 Å². The van der Waals surface area contributed by atoms with Gasteiger partial charge in [-0.3, -0.25) is 4.79 Å². The Morgan fingerprint density at radius 3 is 2.65 bits per heavy atom. The predicted molar refractivity (Wildman–Crippen MR) is 90.9 cm³/mol. The number of para-hydroxylation sites is 1. The van der Waals surface area contributed by atoms with Crippen LogP contribution in [0.3, 0.4) is 0 Å². The zero-order chi connectivity index (χ0) is 16.8. The topological polar surface area (TPSA) is 59.8 Å². The summed E-state index contributed by atoms with van der Waals surface area (Å²) < 4.78 is 4.73. The summed E-state index contributed by atoms with van der Waals surface area (Å²) in [5.41, 5.74) is 2.09. The maximum absolute atomic E-state index is 12.2. The van der Waals surface area contributed by atoms with Crippen molar-refractivity contribution in [2.45, 2.75) is 13.5 Å². The summed E-state index contributed by atoms with van der Waals surface area (Å²) in [6.07, 6.45) is 0. The van der Waals surface area contributed by atoms with Crippen LogP contribution in [0.15, 0.2) is 35.7 Å². The molecule has 0 saturated heterocycles. The average Bonchev–Trinajstić information content (AvgIpc) is 2.91. The van der Waals surface area contributed by atoms with Crippen LogP contribution in [0.2, 0.25) is 0 Å². The van der Waals surface area contributed by atoms with Gasteiger partial charge in [0.05, 0.1) is 30.3 Å². The number of thiophene rings is 1. The van der Waals surface area contributed by atoms with Crippen molar-refractivity contribution in [2.24, 2.45) is 0 Å². The summed E-state index contributed by atoms with van der Waals surface area (Å²) in [4.78, 5) is 26.3. The molecule has 1 amide bonds. The van der Waals surface area contributed by atoms with E-state index in [0.717, 1.165) is 11.4 Å². The van der Waals surface area contributed by atoms with Crippen LogP contribution in [0.4, 0.5) is 5.69 Å². The van der Waals surface area contributed by atoms with Crippen LogP contribution in [0.1, 0.15) is 20.8 Å². The van der Waals surface area contributed by atoms with Gasteiger partial charge in [0.2, 0.25) is 0 Å². The highest BCUT2D eigenvalue weighted by molar-refractivity contribution is 7.10. The molecule has 0 saturated carbocycles. The van der Waals surface area contributed by atoms with Gasteiger partial charge in [-0.2, -0.15) is 0 Å². The van der Waals surface area contributed by atoms with E-state index in [9.17, 15) is 9.59 Å². The van der Waals surface area contributed by atoms with Gasteiger partial charge in [-0.25, -0.2) is 4.79 Å². The van der Waals surface area contributed by atoms with E-state index in [1.807, 2.05) is 7.05 Å². The second kappa shape index (κ2) is 7.89. The number of methoxy groups -OCH3 is 1. The lowest BCUT2D eigenvalue weighted by Gasteiger charge is -2.14. The molecule has 23 heavy (non-hydrogen) atoms.